The molecule has 2 aromatic rings. The molecule has 0 spiro atoms. The summed E-state index contributed by atoms with van der Waals surface area (Å²) in [7, 11) is 0. The minimum Gasteiger partial charge on any atom is -0.356 e. The molecule has 0 aliphatic carbocycles. The van der Waals surface area contributed by atoms with Crippen LogP contribution in [0.15, 0.2) is 12.3 Å². The van der Waals surface area contributed by atoms with Crippen LogP contribution in [0.3, 0.4) is 0 Å². The fourth-order valence-electron chi connectivity index (χ4n) is 2.10. The van der Waals surface area contributed by atoms with Gasteiger partial charge < -0.3 is 10.6 Å². The summed E-state index contributed by atoms with van der Waals surface area (Å²) in [5.41, 5.74) is 1.47. The maximum Gasteiger partial charge on any atom is 0.270 e. The summed E-state index contributed by atoms with van der Waals surface area (Å²) in [6, 6.07) is 1.58. The van der Waals surface area contributed by atoms with E-state index >= 15 is 0 Å². The van der Waals surface area contributed by atoms with Gasteiger partial charge in [-0.3, -0.25) is 14.0 Å². The Morgan fingerprint density at radius 2 is 1.95 bits per heavy atom. The minimum atomic E-state index is -0.258. The summed E-state index contributed by atoms with van der Waals surface area (Å²) in [6.07, 6.45) is 2.25. The van der Waals surface area contributed by atoms with Gasteiger partial charge in [0.05, 0.1) is 15.7 Å². The van der Waals surface area contributed by atoms with Gasteiger partial charge in [-0.1, -0.05) is 23.2 Å². The fraction of sp³-hybridized carbons (Fsp3) is 0.357. The van der Waals surface area contributed by atoms with E-state index < -0.39 is 0 Å². The molecule has 0 fully saturated rings. The molecule has 2 rings (SSSR count). The van der Waals surface area contributed by atoms with Gasteiger partial charge >= 0.3 is 0 Å². The lowest BCUT2D eigenvalue weighted by molar-refractivity contribution is -0.118. The van der Waals surface area contributed by atoms with Crippen molar-refractivity contribution in [1.29, 1.82) is 0 Å². The Morgan fingerprint density at radius 1 is 1.27 bits per heavy atom. The minimum absolute atomic E-state index is 0.0896. The average molecular weight is 343 g/mol. The van der Waals surface area contributed by atoms with Crippen molar-refractivity contribution < 1.29 is 9.59 Å². The summed E-state index contributed by atoms with van der Waals surface area (Å²) in [5.74, 6) is -0.348. The van der Waals surface area contributed by atoms with Crippen LogP contribution in [0.1, 0.15) is 29.5 Å². The predicted molar refractivity (Wildman–Crippen MR) is 85.6 cm³/mol. The van der Waals surface area contributed by atoms with Crippen molar-refractivity contribution >= 4 is 40.7 Å². The van der Waals surface area contributed by atoms with Gasteiger partial charge in [0.1, 0.15) is 5.69 Å². The Labute approximate surface area is 137 Å². The van der Waals surface area contributed by atoms with Crippen LogP contribution in [0.4, 0.5) is 0 Å². The standard InChI is InChI=1S/C14H16Cl2N4O2/c1-8-12(14(22)18-5-3-4-17-9(2)21)20-7-10(15)6-11(16)13(20)19-8/h6-7H,3-5H2,1-2H3,(H,17,21)(H,18,22). The van der Waals surface area contributed by atoms with Gasteiger partial charge in [-0.2, -0.15) is 0 Å². The van der Waals surface area contributed by atoms with Crippen LogP contribution in [-0.2, 0) is 4.79 Å². The number of hydrogen-bond acceptors (Lipinski definition) is 3. The number of amides is 2. The number of aromatic nitrogens is 2. The van der Waals surface area contributed by atoms with Crippen LogP contribution in [0.2, 0.25) is 10.0 Å². The maximum atomic E-state index is 12.3. The molecule has 2 amide bonds. The highest BCUT2D eigenvalue weighted by molar-refractivity contribution is 6.36. The molecular formula is C14H16Cl2N4O2. The molecule has 2 heterocycles. The van der Waals surface area contributed by atoms with Crippen LogP contribution >= 0.6 is 23.2 Å². The first-order valence-electron chi connectivity index (χ1n) is 6.76. The third kappa shape index (κ3) is 3.69. The lowest BCUT2D eigenvalue weighted by Crippen LogP contribution is -2.29. The van der Waals surface area contributed by atoms with Gasteiger partial charge in [0.25, 0.3) is 5.91 Å². The second kappa shape index (κ2) is 6.98. The van der Waals surface area contributed by atoms with Crippen molar-refractivity contribution in [3.63, 3.8) is 0 Å². The quantitative estimate of drug-likeness (QED) is 0.818. The molecule has 6 nitrogen and oxygen atoms in total. The Balaban J connectivity index is 2.11. The number of halogens is 2. The van der Waals surface area contributed by atoms with Crippen molar-refractivity contribution in [2.75, 3.05) is 13.1 Å². The number of pyridine rings is 1. The van der Waals surface area contributed by atoms with Crippen molar-refractivity contribution in [3.8, 4) is 0 Å². The van der Waals surface area contributed by atoms with Crippen molar-refractivity contribution in [3.05, 3.63) is 33.7 Å². The number of carbonyl (C=O) groups is 2. The smallest absolute Gasteiger partial charge is 0.270 e. The third-order valence-corrected chi connectivity index (χ3v) is 3.53. The Hall–Kier alpha value is -1.79. The molecule has 0 aliphatic rings. The van der Waals surface area contributed by atoms with E-state index in [1.54, 1.807) is 23.6 Å². The Kier molecular flexibility index (Phi) is 5.26. The summed E-state index contributed by atoms with van der Waals surface area (Å²) >= 11 is 12.1. The van der Waals surface area contributed by atoms with Crippen molar-refractivity contribution in [2.45, 2.75) is 20.3 Å². The lowest BCUT2D eigenvalue weighted by Gasteiger charge is -2.07. The zero-order valence-electron chi connectivity index (χ0n) is 12.2. The highest BCUT2D eigenvalue weighted by atomic mass is 35.5. The van der Waals surface area contributed by atoms with Gasteiger partial charge in [-0.05, 0) is 19.4 Å². The molecule has 118 valence electrons. The summed E-state index contributed by atoms with van der Waals surface area (Å²) in [4.78, 5) is 27.4. The molecule has 0 unspecified atom stereocenters. The van der Waals surface area contributed by atoms with E-state index in [0.29, 0.717) is 46.6 Å². The molecular weight excluding hydrogens is 327 g/mol. The second-order valence-corrected chi connectivity index (χ2v) is 5.68. The van der Waals surface area contributed by atoms with Crippen LogP contribution in [0.25, 0.3) is 5.65 Å². The number of nitrogens with zero attached hydrogens (tertiary/aromatic N) is 2. The molecule has 0 atom stereocenters. The first-order chi connectivity index (χ1) is 10.4. The number of carbonyl (C=O) groups excluding carboxylic acids is 2. The van der Waals surface area contributed by atoms with Gasteiger partial charge in [-0.15, -0.1) is 0 Å². The van der Waals surface area contributed by atoms with Crippen LogP contribution < -0.4 is 10.6 Å². The molecule has 2 aromatic heterocycles. The topological polar surface area (TPSA) is 75.5 Å². The first-order valence-corrected chi connectivity index (χ1v) is 7.52. The van der Waals surface area contributed by atoms with E-state index in [2.05, 4.69) is 15.6 Å². The third-order valence-electron chi connectivity index (χ3n) is 3.04. The van der Waals surface area contributed by atoms with Gasteiger partial charge in [0.15, 0.2) is 5.65 Å². The highest BCUT2D eigenvalue weighted by Crippen LogP contribution is 2.24. The van der Waals surface area contributed by atoms with Crippen molar-refractivity contribution in [1.82, 2.24) is 20.0 Å². The molecule has 2 N–H and O–H groups in total. The fourth-order valence-corrected chi connectivity index (χ4v) is 2.61. The molecule has 0 radical (unpaired) electrons. The number of aryl methyl sites for hydroxylation is 1. The Morgan fingerprint density at radius 3 is 2.64 bits per heavy atom. The van der Waals surface area contributed by atoms with E-state index in [1.807, 2.05) is 0 Å². The number of imidazole rings is 1. The van der Waals surface area contributed by atoms with Crippen molar-refractivity contribution in [2.24, 2.45) is 0 Å². The summed E-state index contributed by atoms with van der Waals surface area (Å²) in [5, 5.41) is 6.28. The molecule has 8 heteroatoms. The SMILES string of the molecule is CC(=O)NCCCNC(=O)c1c(C)nc2c(Cl)cc(Cl)cn12. The van der Waals surface area contributed by atoms with E-state index in [0.717, 1.165) is 0 Å². The molecule has 0 aromatic carbocycles. The molecule has 0 bridgehead atoms. The van der Waals surface area contributed by atoms with E-state index in [-0.39, 0.29) is 11.8 Å². The van der Waals surface area contributed by atoms with Gasteiger partial charge in [0, 0.05) is 26.2 Å². The monoisotopic (exact) mass is 342 g/mol. The Bertz CT molecular complexity index is 727. The molecule has 0 saturated heterocycles. The average Bonchev–Trinajstić information content (AvgIpc) is 2.74. The summed E-state index contributed by atoms with van der Waals surface area (Å²) < 4.78 is 1.59. The van der Waals surface area contributed by atoms with Crippen LogP contribution in [0.5, 0.6) is 0 Å². The second-order valence-electron chi connectivity index (χ2n) is 4.84. The molecule has 0 aliphatic heterocycles. The number of fused-ring (bicyclic) bond motifs is 1. The van der Waals surface area contributed by atoms with Gasteiger partial charge in [-0.25, -0.2) is 4.98 Å². The van der Waals surface area contributed by atoms with Gasteiger partial charge in [0.2, 0.25) is 5.91 Å². The number of hydrogen-bond donors (Lipinski definition) is 2. The zero-order chi connectivity index (χ0) is 16.3. The van der Waals surface area contributed by atoms with E-state index in [4.69, 9.17) is 23.2 Å². The highest BCUT2D eigenvalue weighted by Gasteiger charge is 2.18. The number of rotatable bonds is 5. The largest absolute Gasteiger partial charge is 0.356 e. The number of nitrogens with one attached hydrogen (secondary N) is 2. The molecule has 22 heavy (non-hydrogen) atoms. The maximum absolute atomic E-state index is 12.3. The first kappa shape index (κ1) is 16.6. The van der Waals surface area contributed by atoms with Crippen LogP contribution in [-0.4, -0.2) is 34.3 Å². The normalized spacial score (nSPS) is 10.7. The predicted octanol–water partition coefficient (Wildman–Crippen LogP) is 2.21. The van der Waals surface area contributed by atoms with E-state index in [9.17, 15) is 9.59 Å². The van der Waals surface area contributed by atoms with Crippen LogP contribution in [0, 0.1) is 6.92 Å². The lowest BCUT2D eigenvalue weighted by atomic mass is 10.3. The summed E-state index contributed by atoms with van der Waals surface area (Å²) in [6.45, 7) is 4.15. The van der Waals surface area contributed by atoms with E-state index in [1.165, 1.54) is 6.92 Å². The zero-order valence-corrected chi connectivity index (χ0v) is 13.8. The molecule has 0 saturated carbocycles.